The molecule has 1 N–H and O–H groups in total. The molecule has 4 heteroatoms. The summed E-state index contributed by atoms with van der Waals surface area (Å²) in [6.45, 7) is 9.29. The maximum Gasteiger partial charge on any atom is 0.254 e. The molecular formula is C18H25N3O. The maximum atomic E-state index is 12.8. The van der Waals surface area contributed by atoms with E-state index in [9.17, 15) is 4.79 Å². The molecule has 1 saturated heterocycles. The Kier molecular flexibility index (Phi) is 4.21. The largest absolute Gasteiger partial charge is 0.361 e. The van der Waals surface area contributed by atoms with E-state index in [0.717, 1.165) is 42.5 Å². The fourth-order valence-corrected chi connectivity index (χ4v) is 3.46. The average Bonchev–Trinajstić information content (AvgIpc) is 3.00. The minimum atomic E-state index is 0.151. The lowest BCUT2D eigenvalue weighted by molar-refractivity contribution is 0.0372. The van der Waals surface area contributed by atoms with Crippen LogP contribution >= 0.6 is 0 Å². The first kappa shape index (κ1) is 15.1. The van der Waals surface area contributed by atoms with E-state index in [-0.39, 0.29) is 5.91 Å². The quantitative estimate of drug-likeness (QED) is 0.946. The number of fused-ring (bicyclic) bond motifs is 1. The van der Waals surface area contributed by atoms with Gasteiger partial charge >= 0.3 is 0 Å². The Morgan fingerprint density at radius 1 is 1.32 bits per heavy atom. The molecule has 1 aromatic heterocycles. The summed E-state index contributed by atoms with van der Waals surface area (Å²) in [4.78, 5) is 20.5. The summed E-state index contributed by atoms with van der Waals surface area (Å²) in [5.74, 6) is 0.151. The normalized spacial score (nSPS) is 20.0. The SMILES string of the molecule is CC[C@@H]1CN(C(=O)c2ccc3cc[nH]c3c2)CCN1C(C)C. The van der Waals surface area contributed by atoms with Crippen molar-refractivity contribution in [1.82, 2.24) is 14.8 Å². The fraction of sp³-hybridized carbons (Fsp3) is 0.500. The van der Waals surface area contributed by atoms with E-state index in [1.807, 2.05) is 35.4 Å². The second kappa shape index (κ2) is 6.13. The summed E-state index contributed by atoms with van der Waals surface area (Å²) in [6, 6.07) is 8.95. The number of rotatable bonds is 3. The first-order valence-corrected chi connectivity index (χ1v) is 8.22. The Morgan fingerprint density at radius 2 is 2.14 bits per heavy atom. The van der Waals surface area contributed by atoms with Crippen molar-refractivity contribution in [2.24, 2.45) is 0 Å². The molecular weight excluding hydrogens is 274 g/mol. The number of carbonyl (C=O) groups is 1. The molecule has 0 radical (unpaired) electrons. The van der Waals surface area contributed by atoms with Gasteiger partial charge in [-0.15, -0.1) is 0 Å². The first-order valence-electron chi connectivity index (χ1n) is 8.22. The lowest BCUT2D eigenvalue weighted by Gasteiger charge is -2.43. The van der Waals surface area contributed by atoms with Crippen LogP contribution in [0, 0.1) is 0 Å². The Morgan fingerprint density at radius 3 is 2.86 bits per heavy atom. The van der Waals surface area contributed by atoms with Crippen molar-refractivity contribution in [3.05, 3.63) is 36.0 Å². The fourth-order valence-electron chi connectivity index (χ4n) is 3.46. The van der Waals surface area contributed by atoms with Gasteiger partial charge in [-0.1, -0.05) is 13.0 Å². The highest BCUT2D eigenvalue weighted by Crippen LogP contribution is 2.20. The molecule has 0 bridgehead atoms. The summed E-state index contributed by atoms with van der Waals surface area (Å²) in [5, 5.41) is 1.15. The van der Waals surface area contributed by atoms with Gasteiger partial charge in [0.1, 0.15) is 0 Å². The minimum absolute atomic E-state index is 0.151. The highest BCUT2D eigenvalue weighted by Gasteiger charge is 2.30. The second-order valence-corrected chi connectivity index (χ2v) is 6.42. The van der Waals surface area contributed by atoms with Crippen LogP contribution in [-0.4, -0.2) is 52.4 Å². The predicted octanol–water partition coefficient (Wildman–Crippen LogP) is 3.11. The van der Waals surface area contributed by atoms with E-state index < -0.39 is 0 Å². The molecule has 1 fully saturated rings. The van der Waals surface area contributed by atoms with E-state index in [4.69, 9.17) is 0 Å². The molecule has 0 unspecified atom stereocenters. The number of amides is 1. The highest BCUT2D eigenvalue weighted by molar-refractivity contribution is 5.98. The number of aromatic amines is 1. The molecule has 118 valence electrons. The number of hydrogen-bond acceptors (Lipinski definition) is 2. The zero-order chi connectivity index (χ0) is 15.7. The molecule has 2 aromatic rings. The van der Waals surface area contributed by atoms with Crippen molar-refractivity contribution in [1.29, 1.82) is 0 Å². The van der Waals surface area contributed by atoms with Crippen molar-refractivity contribution in [2.45, 2.75) is 39.3 Å². The molecule has 1 aliphatic heterocycles. The number of H-pyrrole nitrogens is 1. The Labute approximate surface area is 132 Å². The highest BCUT2D eigenvalue weighted by atomic mass is 16.2. The number of benzene rings is 1. The number of nitrogens with zero attached hydrogens (tertiary/aromatic N) is 2. The number of piperazine rings is 1. The second-order valence-electron chi connectivity index (χ2n) is 6.42. The third kappa shape index (κ3) is 2.75. The van der Waals surface area contributed by atoms with Crippen LogP contribution in [0.25, 0.3) is 10.9 Å². The average molecular weight is 299 g/mol. The lowest BCUT2D eigenvalue weighted by Crippen LogP contribution is -2.56. The molecule has 4 nitrogen and oxygen atoms in total. The predicted molar refractivity (Wildman–Crippen MR) is 90.1 cm³/mol. The van der Waals surface area contributed by atoms with Crippen molar-refractivity contribution in [3.8, 4) is 0 Å². The van der Waals surface area contributed by atoms with E-state index in [1.165, 1.54) is 0 Å². The van der Waals surface area contributed by atoms with Gasteiger partial charge in [0.05, 0.1) is 0 Å². The summed E-state index contributed by atoms with van der Waals surface area (Å²) in [7, 11) is 0. The van der Waals surface area contributed by atoms with Gasteiger partial charge in [-0.25, -0.2) is 0 Å². The molecule has 2 heterocycles. The molecule has 1 amide bonds. The van der Waals surface area contributed by atoms with Crippen LogP contribution in [0.5, 0.6) is 0 Å². The lowest BCUT2D eigenvalue weighted by atomic mass is 10.1. The van der Waals surface area contributed by atoms with Crippen molar-refractivity contribution >= 4 is 16.8 Å². The van der Waals surface area contributed by atoms with Gasteiger partial charge in [-0.3, -0.25) is 9.69 Å². The monoisotopic (exact) mass is 299 g/mol. The smallest absolute Gasteiger partial charge is 0.254 e. The van der Waals surface area contributed by atoms with Crippen LogP contribution in [-0.2, 0) is 0 Å². The summed E-state index contributed by atoms with van der Waals surface area (Å²) in [5.41, 5.74) is 1.81. The molecule has 0 spiro atoms. The molecule has 22 heavy (non-hydrogen) atoms. The van der Waals surface area contributed by atoms with E-state index in [1.54, 1.807) is 0 Å². The zero-order valence-electron chi connectivity index (χ0n) is 13.7. The first-order chi connectivity index (χ1) is 10.6. The third-order valence-electron chi connectivity index (χ3n) is 4.75. The van der Waals surface area contributed by atoms with Crippen molar-refractivity contribution in [2.75, 3.05) is 19.6 Å². The van der Waals surface area contributed by atoms with Crippen LogP contribution in [0.1, 0.15) is 37.6 Å². The van der Waals surface area contributed by atoms with Crippen LogP contribution in [0.2, 0.25) is 0 Å². The van der Waals surface area contributed by atoms with Crippen LogP contribution in [0.4, 0.5) is 0 Å². The van der Waals surface area contributed by atoms with Gasteiger partial charge < -0.3 is 9.88 Å². The summed E-state index contributed by atoms with van der Waals surface area (Å²) in [6.07, 6.45) is 2.99. The van der Waals surface area contributed by atoms with Crippen LogP contribution in [0.3, 0.4) is 0 Å². The Hall–Kier alpha value is -1.81. The maximum absolute atomic E-state index is 12.8. The Bertz CT molecular complexity index is 661. The molecule has 0 aliphatic carbocycles. The topological polar surface area (TPSA) is 39.3 Å². The molecule has 3 rings (SSSR count). The zero-order valence-corrected chi connectivity index (χ0v) is 13.7. The number of hydrogen-bond donors (Lipinski definition) is 1. The Balaban J connectivity index is 1.77. The third-order valence-corrected chi connectivity index (χ3v) is 4.75. The number of aromatic nitrogens is 1. The van der Waals surface area contributed by atoms with Gasteiger partial charge in [-0.05, 0) is 43.9 Å². The van der Waals surface area contributed by atoms with Gasteiger partial charge in [0.25, 0.3) is 5.91 Å². The van der Waals surface area contributed by atoms with E-state index in [2.05, 4.69) is 30.7 Å². The van der Waals surface area contributed by atoms with Crippen molar-refractivity contribution < 1.29 is 4.79 Å². The van der Waals surface area contributed by atoms with Gasteiger partial charge in [0.15, 0.2) is 0 Å². The van der Waals surface area contributed by atoms with E-state index >= 15 is 0 Å². The standard InChI is InChI=1S/C18H25N3O/c1-4-16-12-20(9-10-21(16)13(2)3)18(22)15-6-5-14-7-8-19-17(14)11-15/h5-8,11,13,16,19H,4,9-10,12H2,1-3H3/t16-/m1/s1. The van der Waals surface area contributed by atoms with Crippen LogP contribution < -0.4 is 0 Å². The molecule has 1 atom stereocenters. The van der Waals surface area contributed by atoms with Crippen molar-refractivity contribution in [3.63, 3.8) is 0 Å². The molecule has 1 aliphatic rings. The van der Waals surface area contributed by atoms with E-state index in [0.29, 0.717) is 12.1 Å². The number of nitrogens with one attached hydrogen (secondary N) is 1. The molecule has 0 saturated carbocycles. The van der Waals surface area contributed by atoms with Crippen LogP contribution in [0.15, 0.2) is 30.5 Å². The number of carbonyl (C=O) groups excluding carboxylic acids is 1. The summed E-state index contributed by atoms with van der Waals surface area (Å²) < 4.78 is 0. The minimum Gasteiger partial charge on any atom is -0.361 e. The van der Waals surface area contributed by atoms with Gasteiger partial charge in [-0.2, -0.15) is 0 Å². The van der Waals surface area contributed by atoms with Gasteiger partial charge in [0, 0.05) is 49.0 Å². The van der Waals surface area contributed by atoms with Gasteiger partial charge in [0.2, 0.25) is 0 Å². The molecule has 1 aromatic carbocycles. The summed E-state index contributed by atoms with van der Waals surface area (Å²) >= 11 is 0.